The highest BCUT2D eigenvalue weighted by molar-refractivity contribution is 5.81. The number of aliphatic carboxylic acids is 1. The van der Waals surface area contributed by atoms with Crippen molar-refractivity contribution in [3.8, 4) is 0 Å². The van der Waals surface area contributed by atoms with E-state index >= 15 is 0 Å². The zero-order chi connectivity index (χ0) is 12.8. The number of aliphatic hydroxyl groups excluding tert-OH is 2. The van der Waals surface area contributed by atoms with Crippen LogP contribution in [0.1, 0.15) is 26.7 Å². The average Bonchev–Trinajstić information content (AvgIpc) is 2.15. The number of carbonyl (C=O) groups is 2. The molecule has 16 heavy (non-hydrogen) atoms. The molecule has 94 valence electrons. The predicted octanol–water partition coefficient (Wildman–Crippen LogP) is -0.653. The lowest BCUT2D eigenvalue weighted by Crippen LogP contribution is -2.44. The van der Waals surface area contributed by atoms with E-state index in [1.54, 1.807) is 13.8 Å². The van der Waals surface area contributed by atoms with Gasteiger partial charge in [0, 0.05) is 18.6 Å². The van der Waals surface area contributed by atoms with Gasteiger partial charge in [0.2, 0.25) is 5.91 Å². The van der Waals surface area contributed by atoms with Gasteiger partial charge >= 0.3 is 5.97 Å². The van der Waals surface area contributed by atoms with Crippen LogP contribution < -0.4 is 5.32 Å². The Kier molecular flexibility index (Phi) is 5.98. The van der Waals surface area contributed by atoms with Crippen molar-refractivity contribution in [1.29, 1.82) is 0 Å². The molecular weight excluding hydrogens is 214 g/mol. The van der Waals surface area contributed by atoms with Crippen LogP contribution in [0, 0.1) is 5.41 Å². The van der Waals surface area contributed by atoms with Crippen LogP contribution >= 0.6 is 0 Å². The number of carboxylic acids is 1. The van der Waals surface area contributed by atoms with Crippen molar-refractivity contribution >= 4 is 11.9 Å². The largest absolute Gasteiger partial charge is 0.481 e. The molecular formula is C10H19NO5. The minimum absolute atomic E-state index is 0.0135. The first-order valence-electron chi connectivity index (χ1n) is 5.09. The lowest BCUT2D eigenvalue weighted by molar-refractivity contribution is -0.138. The molecule has 6 heteroatoms. The van der Waals surface area contributed by atoms with Gasteiger partial charge in [-0.15, -0.1) is 0 Å². The summed E-state index contributed by atoms with van der Waals surface area (Å²) in [5, 5.41) is 29.1. The molecule has 0 rings (SSSR count). The Hall–Kier alpha value is -1.14. The van der Waals surface area contributed by atoms with Crippen molar-refractivity contribution < 1.29 is 24.9 Å². The van der Waals surface area contributed by atoms with Gasteiger partial charge in [0.15, 0.2) is 0 Å². The fraction of sp³-hybridized carbons (Fsp3) is 0.800. The number of rotatable bonds is 7. The van der Waals surface area contributed by atoms with Gasteiger partial charge < -0.3 is 20.6 Å². The number of amides is 1. The molecule has 0 saturated carbocycles. The summed E-state index contributed by atoms with van der Waals surface area (Å²) in [5.41, 5.74) is -0.734. The van der Waals surface area contributed by atoms with Gasteiger partial charge in [-0.1, -0.05) is 13.8 Å². The molecule has 0 heterocycles. The van der Waals surface area contributed by atoms with Crippen molar-refractivity contribution in [2.45, 2.75) is 32.8 Å². The van der Waals surface area contributed by atoms with Crippen LogP contribution in [0.25, 0.3) is 0 Å². The van der Waals surface area contributed by atoms with E-state index in [-0.39, 0.29) is 19.6 Å². The second-order valence-electron chi connectivity index (χ2n) is 4.30. The lowest BCUT2D eigenvalue weighted by Gasteiger charge is -2.28. The number of carbonyl (C=O) groups excluding carboxylic acids is 1. The maximum Gasteiger partial charge on any atom is 0.305 e. The average molecular weight is 233 g/mol. The highest BCUT2D eigenvalue weighted by Gasteiger charge is 2.32. The Morgan fingerprint density at radius 3 is 2.38 bits per heavy atom. The van der Waals surface area contributed by atoms with Gasteiger partial charge in [-0.05, 0) is 6.42 Å². The second-order valence-corrected chi connectivity index (χ2v) is 4.30. The first-order valence-corrected chi connectivity index (χ1v) is 5.09. The van der Waals surface area contributed by atoms with Gasteiger partial charge in [-0.3, -0.25) is 9.59 Å². The van der Waals surface area contributed by atoms with E-state index < -0.39 is 23.4 Å². The van der Waals surface area contributed by atoms with Gasteiger partial charge in [-0.25, -0.2) is 0 Å². The third-order valence-corrected chi connectivity index (χ3v) is 2.38. The quantitative estimate of drug-likeness (QED) is 0.467. The van der Waals surface area contributed by atoms with Crippen molar-refractivity contribution in [2.75, 3.05) is 13.2 Å². The van der Waals surface area contributed by atoms with Crippen LogP contribution in [-0.2, 0) is 9.59 Å². The van der Waals surface area contributed by atoms with Gasteiger partial charge in [-0.2, -0.15) is 0 Å². The summed E-state index contributed by atoms with van der Waals surface area (Å²) in [7, 11) is 0. The molecule has 6 nitrogen and oxygen atoms in total. The van der Waals surface area contributed by atoms with Gasteiger partial charge in [0.1, 0.15) is 6.10 Å². The Labute approximate surface area is 94.3 Å². The van der Waals surface area contributed by atoms with Crippen molar-refractivity contribution in [2.24, 2.45) is 5.41 Å². The fourth-order valence-corrected chi connectivity index (χ4v) is 1.17. The molecule has 0 aliphatic carbocycles. The Bertz CT molecular complexity index is 252. The van der Waals surface area contributed by atoms with E-state index in [1.807, 2.05) is 0 Å². The van der Waals surface area contributed by atoms with E-state index in [0.29, 0.717) is 6.42 Å². The van der Waals surface area contributed by atoms with Crippen LogP contribution in [0.5, 0.6) is 0 Å². The zero-order valence-electron chi connectivity index (χ0n) is 9.56. The molecule has 0 aromatic carbocycles. The molecule has 0 aromatic rings. The monoisotopic (exact) mass is 233 g/mol. The number of aliphatic hydroxyl groups is 2. The third kappa shape index (κ3) is 5.09. The SMILES string of the molecule is CC(C)(CCO)C(O)C(=O)NCCC(=O)O. The normalized spacial score (nSPS) is 13.2. The van der Waals surface area contributed by atoms with Crippen LogP contribution in [0.15, 0.2) is 0 Å². The summed E-state index contributed by atoms with van der Waals surface area (Å²) in [4.78, 5) is 21.6. The topological polar surface area (TPSA) is 107 Å². The van der Waals surface area contributed by atoms with Crippen LogP contribution in [0.2, 0.25) is 0 Å². The Morgan fingerprint density at radius 2 is 1.94 bits per heavy atom. The smallest absolute Gasteiger partial charge is 0.305 e. The van der Waals surface area contributed by atoms with Crippen LogP contribution in [0.3, 0.4) is 0 Å². The van der Waals surface area contributed by atoms with E-state index in [4.69, 9.17) is 10.2 Å². The zero-order valence-corrected chi connectivity index (χ0v) is 9.56. The highest BCUT2D eigenvalue weighted by atomic mass is 16.4. The molecule has 0 radical (unpaired) electrons. The minimum atomic E-state index is -1.26. The first-order chi connectivity index (χ1) is 7.31. The number of nitrogens with one attached hydrogen (secondary N) is 1. The van der Waals surface area contributed by atoms with Crippen molar-refractivity contribution in [3.05, 3.63) is 0 Å². The molecule has 0 aliphatic rings. The van der Waals surface area contributed by atoms with E-state index in [9.17, 15) is 14.7 Å². The predicted molar refractivity (Wildman–Crippen MR) is 56.8 cm³/mol. The van der Waals surface area contributed by atoms with E-state index in [1.165, 1.54) is 0 Å². The van der Waals surface area contributed by atoms with Crippen LogP contribution in [-0.4, -0.2) is 46.5 Å². The molecule has 4 N–H and O–H groups in total. The maximum absolute atomic E-state index is 11.4. The van der Waals surface area contributed by atoms with Crippen molar-refractivity contribution in [1.82, 2.24) is 5.32 Å². The molecule has 0 aromatic heterocycles. The Morgan fingerprint density at radius 1 is 1.38 bits per heavy atom. The molecule has 0 saturated heterocycles. The summed E-state index contributed by atoms with van der Waals surface area (Å²) in [5.74, 6) is -1.62. The Balaban J connectivity index is 4.12. The highest BCUT2D eigenvalue weighted by Crippen LogP contribution is 2.24. The van der Waals surface area contributed by atoms with Crippen molar-refractivity contribution in [3.63, 3.8) is 0 Å². The summed E-state index contributed by atoms with van der Waals surface area (Å²) >= 11 is 0. The van der Waals surface area contributed by atoms with E-state index in [2.05, 4.69) is 5.32 Å². The minimum Gasteiger partial charge on any atom is -0.481 e. The third-order valence-electron chi connectivity index (χ3n) is 2.38. The van der Waals surface area contributed by atoms with E-state index in [0.717, 1.165) is 0 Å². The lowest BCUT2D eigenvalue weighted by atomic mass is 9.83. The summed E-state index contributed by atoms with van der Waals surface area (Å²) in [6, 6.07) is 0. The number of carboxylic acid groups (broad SMARTS) is 1. The molecule has 1 unspecified atom stereocenters. The molecule has 0 fully saturated rings. The molecule has 0 spiro atoms. The molecule has 1 amide bonds. The molecule has 1 atom stereocenters. The molecule has 0 aliphatic heterocycles. The molecule has 0 bridgehead atoms. The second kappa shape index (κ2) is 6.44. The summed E-state index contributed by atoms with van der Waals surface area (Å²) in [6.45, 7) is 3.18. The van der Waals surface area contributed by atoms with Gasteiger partial charge in [0.05, 0.1) is 6.42 Å². The van der Waals surface area contributed by atoms with Gasteiger partial charge in [0.25, 0.3) is 0 Å². The fourth-order valence-electron chi connectivity index (χ4n) is 1.17. The van der Waals surface area contributed by atoms with Crippen LogP contribution in [0.4, 0.5) is 0 Å². The maximum atomic E-state index is 11.4. The standard InChI is InChI=1S/C10H19NO5/c1-10(2,4-6-12)8(15)9(16)11-5-3-7(13)14/h8,12,15H,3-6H2,1-2H3,(H,11,16)(H,13,14). The number of hydrogen-bond donors (Lipinski definition) is 4. The summed E-state index contributed by atoms with van der Waals surface area (Å²) < 4.78 is 0. The first kappa shape index (κ1) is 14.9. The number of hydrogen-bond acceptors (Lipinski definition) is 4. The summed E-state index contributed by atoms with van der Waals surface area (Å²) in [6.07, 6.45) is -1.15.